The van der Waals surface area contributed by atoms with Gasteiger partial charge in [0.2, 0.25) is 11.7 Å². The Kier molecular flexibility index (Phi) is 5.87. The summed E-state index contributed by atoms with van der Waals surface area (Å²) in [5.41, 5.74) is 1.55. The molecule has 1 saturated heterocycles. The van der Waals surface area contributed by atoms with Crippen LogP contribution >= 0.6 is 0 Å². The Hall–Kier alpha value is -2.77. The molecular weight excluding hydrogens is 373 g/mol. The molecule has 0 radical (unpaired) electrons. The molecule has 0 unspecified atom stereocenters. The van der Waals surface area contributed by atoms with Gasteiger partial charge in [-0.05, 0) is 43.6 Å². The summed E-state index contributed by atoms with van der Waals surface area (Å²) in [6.07, 6.45) is 1.80. The second-order valence-electron chi connectivity index (χ2n) is 7.30. The third-order valence-electron chi connectivity index (χ3n) is 5.30. The van der Waals surface area contributed by atoms with Gasteiger partial charge in [0.15, 0.2) is 11.6 Å². The lowest BCUT2D eigenvalue weighted by Gasteiger charge is -2.33. The topological polar surface area (TPSA) is 69.4 Å². The fraction of sp³-hybridized carbons (Fsp3) is 0.364. The summed E-state index contributed by atoms with van der Waals surface area (Å²) in [6, 6.07) is 14.0. The first-order chi connectivity index (χ1) is 14.2. The van der Waals surface area contributed by atoms with Gasteiger partial charge in [-0.2, -0.15) is 4.98 Å². The molecule has 4 rings (SSSR count). The van der Waals surface area contributed by atoms with Gasteiger partial charge in [-0.1, -0.05) is 41.6 Å². The van der Waals surface area contributed by atoms with Crippen LogP contribution < -0.4 is 10.1 Å². The van der Waals surface area contributed by atoms with Gasteiger partial charge in [-0.3, -0.25) is 0 Å². The van der Waals surface area contributed by atoms with Gasteiger partial charge in [0.1, 0.15) is 6.61 Å². The lowest BCUT2D eigenvalue weighted by Crippen LogP contribution is -2.43. The van der Waals surface area contributed by atoms with Crippen LogP contribution in [0.3, 0.4) is 0 Å². The van der Waals surface area contributed by atoms with Gasteiger partial charge in [-0.25, -0.2) is 4.39 Å². The van der Waals surface area contributed by atoms with Crippen LogP contribution in [0.1, 0.15) is 24.3 Å². The molecule has 0 amide bonds. The number of piperidine rings is 1. The number of benzene rings is 2. The van der Waals surface area contributed by atoms with Crippen molar-refractivity contribution in [2.24, 2.45) is 0 Å². The highest BCUT2D eigenvalue weighted by Gasteiger charge is 2.39. The fourth-order valence-corrected chi connectivity index (χ4v) is 3.63. The molecule has 1 aromatic heterocycles. The average Bonchev–Trinajstić information content (AvgIpc) is 3.26. The number of halogens is 1. The fourth-order valence-electron chi connectivity index (χ4n) is 3.63. The number of nitrogens with one attached hydrogen (secondary N) is 1. The number of hydrogen-bond acceptors (Lipinski definition) is 6. The van der Waals surface area contributed by atoms with Crippen molar-refractivity contribution in [1.82, 2.24) is 15.5 Å². The molecule has 152 valence electrons. The van der Waals surface area contributed by atoms with E-state index in [1.807, 2.05) is 24.3 Å². The number of hydrogen-bond donors (Lipinski definition) is 1. The molecule has 0 spiro atoms. The number of nitrogens with zero attached hydrogens (tertiary/aromatic N) is 2. The third-order valence-corrected chi connectivity index (χ3v) is 5.30. The minimum atomic E-state index is -0.369. The molecule has 29 heavy (non-hydrogen) atoms. The molecule has 1 fully saturated rings. The molecule has 0 bridgehead atoms. The van der Waals surface area contributed by atoms with E-state index in [9.17, 15) is 4.39 Å². The molecule has 1 aliphatic rings. The van der Waals surface area contributed by atoms with Crippen LogP contribution in [0.4, 0.5) is 4.39 Å². The number of ether oxygens (including phenoxy) is 2. The predicted octanol–water partition coefficient (Wildman–Crippen LogP) is 3.72. The predicted molar refractivity (Wildman–Crippen MR) is 106 cm³/mol. The Labute approximate surface area is 169 Å². The molecule has 0 atom stereocenters. The SMILES string of the molecule is COCC1(c2nc(-c3ccc(COc4ccccc4F)cc3)no2)CCNCC1. The monoisotopic (exact) mass is 397 g/mol. The zero-order chi connectivity index (χ0) is 20.1. The van der Waals surface area contributed by atoms with Crippen LogP contribution in [0, 0.1) is 5.82 Å². The van der Waals surface area contributed by atoms with E-state index >= 15 is 0 Å². The Balaban J connectivity index is 1.46. The lowest BCUT2D eigenvalue weighted by molar-refractivity contribution is 0.0850. The summed E-state index contributed by atoms with van der Waals surface area (Å²) in [7, 11) is 1.70. The lowest BCUT2D eigenvalue weighted by atomic mass is 9.79. The first kappa shape index (κ1) is 19.5. The molecule has 7 heteroatoms. The van der Waals surface area contributed by atoms with E-state index in [0.29, 0.717) is 18.3 Å². The zero-order valence-electron chi connectivity index (χ0n) is 16.4. The maximum atomic E-state index is 13.7. The Morgan fingerprint density at radius 2 is 1.86 bits per heavy atom. The molecule has 6 nitrogen and oxygen atoms in total. The molecular formula is C22H24FN3O3. The summed E-state index contributed by atoms with van der Waals surface area (Å²) >= 11 is 0. The van der Waals surface area contributed by atoms with Crippen molar-refractivity contribution >= 4 is 0 Å². The van der Waals surface area contributed by atoms with E-state index in [1.54, 1.807) is 25.3 Å². The highest BCUT2D eigenvalue weighted by Crippen LogP contribution is 2.34. The van der Waals surface area contributed by atoms with Crippen LogP contribution in [0.2, 0.25) is 0 Å². The number of aromatic nitrogens is 2. The summed E-state index contributed by atoms with van der Waals surface area (Å²) in [5.74, 6) is 1.05. The first-order valence-electron chi connectivity index (χ1n) is 9.71. The normalized spacial score (nSPS) is 15.9. The summed E-state index contributed by atoms with van der Waals surface area (Å²) in [4.78, 5) is 4.66. The maximum absolute atomic E-state index is 13.7. The van der Waals surface area contributed by atoms with Crippen molar-refractivity contribution in [3.05, 3.63) is 65.8 Å². The van der Waals surface area contributed by atoms with Crippen molar-refractivity contribution in [2.75, 3.05) is 26.8 Å². The van der Waals surface area contributed by atoms with Gasteiger partial charge in [-0.15, -0.1) is 0 Å². The highest BCUT2D eigenvalue weighted by molar-refractivity contribution is 5.54. The van der Waals surface area contributed by atoms with Crippen molar-refractivity contribution in [2.45, 2.75) is 24.9 Å². The minimum absolute atomic E-state index is 0.237. The van der Waals surface area contributed by atoms with E-state index in [0.717, 1.165) is 37.1 Å². The number of methoxy groups -OCH3 is 1. The van der Waals surface area contributed by atoms with Gasteiger partial charge < -0.3 is 19.3 Å². The summed E-state index contributed by atoms with van der Waals surface area (Å²) in [5, 5.41) is 7.54. The van der Waals surface area contributed by atoms with E-state index < -0.39 is 0 Å². The van der Waals surface area contributed by atoms with E-state index in [4.69, 9.17) is 14.0 Å². The quantitative estimate of drug-likeness (QED) is 0.655. The Morgan fingerprint density at radius 1 is 1.10 bits per heavy atom. The van der Waals surface area contributed by atoms with Crippen molar-refractivity contribution in [1.29, 1.82) is 0 Å². The minimum Gasteiger partial charge on any atom is -0.486 e. The maximum Gasteiger partial charge on any atom is 0.235 e. The second-order valence-corrected chi connectivity index (χ2v) is 7.30. The first-order valence-corrected chi connectivity index (χ1v) is 9.71. The smallest absolute Gasteiger partial charge is 0.235 e. The number of para-hydroxylation sites is 1. The van der Waals surface area contributed by atoms with E-state index in [-0.39, 0.29) is 23.6 Å². The Bertz CT molecular complexity index is 931. The largest absolute Gasteiger partial charge is 0.486 e. The van der Waals surface area contributed by atoms with E-state index in [1.165, 1.54) is 6.07 Å². The highest BCUT2D eigenvalue weighted by atomic mass is 19.1. The second kappa shape index (κ2) is 8.71. The molecule has 1 N–H and O–H groups in total. The van der Waals surface area contributed by atoms with Gasteiger partial charge >= 0.3 is 0 Å². The van der Waals surface area contributed by atoms with Crippen LogP contribution in [0.25, 0.3) is 11.4 Å². The van der Waals surface area contributed by atoms with Crippen molar-refractivity contribution in [3.8, 4) is 17.1 Å². The molecule has 0 aliphatic carbocycles. The Morgan fingerprint density at radius 3 is 2.59 bits per heavy atom. The van der Waals surface area contributed by atoms with E-state index in [2.05, 4.69) is 15.5 Å². The third kappa shape index (κ3) is 4.31. The number of rotatable bonds is 7. The van der Waals surface area contributed by atoms with Gasteiger partial charge in [0, 0.05) is 12.7 Å². The summed E-state index contributed by atoms with van der Waals surface area (Å²) < 4.78 is 30.3. The average molecular weight is 397 g/mol. The van der Waals surface area contributed by atoms with Crippen molar-refractivity contribution in [3.63, 3.8) is 0 Å². The standard InChI is InChI=1S/C22H24FN3O3/c1-27-15-22(10-12-24-13-11-22)21-25-20(26-29-21)17-8-6-16(7-9-17)14-28-19-5-3-2-4-18(19)23/h2-9,24H,10-15H2,1H3. The molecule has 2 heterocycles. The summed E-state index contributed by atoms with van der Waals surface area (Å²) in [6.45, 7) is 2.64. The molecule has 0 saturated carbocycles. The van der Waals surface area contributed by atoms with Crippen LogP contribution in [0.15, 0.2) is 53.1 Å². The van der Waals surface area contributed by atoms with Gasteiger partial charge in [0.25, 0.3) is 0 Å². The molecule has 1 aliphatic heterocycles. The zero-order valence-corrected chi connectivity index (χ0v) is 16.4. The molecule has 3 aromatic rings. The van der Waals surface area contributed by atoms with Crippen molar-refractivity contribution < 1.29 is 18.4 Å². The van der Waals surface area contributed by atoms with Gasteiger partial charge in [0.05, 0.1) is 12.0 Å². The van der Waals surface area contributed by atoms with Crippen LogP contribution in [-0.2, 0) is 16.8 Å². The van der Waals surface area contributed by atoms with Crippen LogP contribution in [0.5, 0.6) is 5.75 Å². The molecule has 2 aromatic carbocycles. The van der Waals surface area contributed by atoms with Crippen LogP contribution in [-0.4, -0.2) is 36.9 Å².